The Balaban J connectivity index is 1.17. The van der Waals surface area contributed by atoms with Crippen molar-refractivity contribution in [2.75, 3.05) is 0 Å². The van der Waals surface area contributed by atoms with Gasteiger partial charge in [0, 0.05) is 0 Å². The van der Waals surface area contributed by atoms with E-state index >= 15 is 0 Å². The average Bonchev–Trinajstić information content (AvgIpc) is 2.28. The highest BCUT2D eigenvalue weighted by Crippen LogP contribution is 2.92. The molecule has 0 N–H and O–H groups in total. The van der Waals surface area contributed by atoms with E-state index < -0.39 is 0 Å². The largest absolute Gasteiger partial charge is 0.0496 e. The van der Waals surface area contributed by atoms with Crippen molar-refractivity contribution in [3.63, 3.8) is 0 Å². The predicted octanol–water partition coefficient (Wildman–Crippen LogP) is 3.28. The molecular formula is C18H22. The summed E-state index contributed by atoms with van der Waals surface area (Å²) < 4.78 is 0. The van der Waals surface area contributed by atoms with E-state index in [0.717, 1.165) is 0 Å². The quantitative estimate of drug-likeness (QED) is 0.568. The van der Waals surface area contributed by atoms with Gasteiger partial charge in [0.05, 0.1) is 0 Å². The summed E-state index contributed by atoms with van der Waals surface area (Å²) in [7, 11) is 0. The molecule has 94 valence electrons. The third-order valence-corrected chi connectivity index (χ3v) is 10.5. The second kappa shape index (κ2) is 2.06. The molecule has 0 heterocycles. The Morgan fingerprint density at radius 2 is 0.500 bits per heavy atom. The number of rotatable bonds is 0. The minimum Gasteiger partial charge on any atom is -0.0496 e. The summed E-state index contributed by atoms with van der Waals surface area (Å²) in [6.45, 7) is 0. The molecule has 0 aliphatic heterocycles. The standard InChI is InChI=1S/C18H22/c1-2-6-5(1)9-10(6)14-13(9)17-15-11-7-3-4-8(7)12(11)16(15)18(14)17/h5-18H,1-4H2. The normalized spacial score (nSPS) is 89.3. The lowest BCUT2D eigenvalue weighted by Crippen LogP contribution is -2.90. The van der Waals surface area contributed by atoms with Gasteiger partial charge in [0.15, 0.2) is 0 Å². The summed E-state index contributed by atoms with van der Waals surface area (Å²) in [4.78, 5) is 0. The van der Waals surface area contributed by atoms with Crippen LogP contribution < -0.4 is 0 Å². The molecule has 0 radical (unpaired) electrons. The van der Waals surface area contributed by atoms with Crippen molar-refractivity contribution >= 4 is 0 Å². The lowest BCUT2D eigenvalue weighted by molar-refractivity contribution is -0.465. The van der Waals surface area contributed by atoms with Gasteiger partial charge in [-0.05, 0) is 109 Å². The molecule has 0 aromatic rings. The third-order valence-electron chi connectivity index (χ3n) is 10.5. The zero-order chi connectivity index (χ0) is 10.9. The van der Waals surface area contributed by atoms with Crippen LogP contribution in [0.2, 0.25) is 0 Å². The van der Waals surface area contributed by atoms with E-state index in [1.54, 1.807) is 25.7 Å². The van der Waals surface area contributed by atoms with E-state index in [0.29, 0.717) is 0 Å². The van der Waals surface area contributed by atoms with Crippen LogP contribution in [0.3, 0.4) is 0 Å². The lowest BCUT2D eigenvalue weighted by atomic mass is 9.11. The number of hydrogen-bond donors (Lipinski definition) is 0. The van der Waals surface area contributed by atoms with E-state index in [1.165, 1.54) is 82.9 Å². The summed E-state index contributed by atoms with van der Waals surface area (Å²) in [5, 5.41) is 0. The molecule has 0 aromatic heterocycles. The van der Waals surface area contributed by atoms with Crippen LogP contribution in [-0.2, 0) is 0 Å². The molecule has 8 saturated carbocycles. The molecule has 0 saturated heterocycles. The molecule has 12 atom stereocenters. The zero-order valence-corrected chi connectivity index (χ0v) is 10.9. The van der Waals surface area contributed by atoms with Crippen molar-refractivity contribution in [1.82, 2.24) is 0 Å². The van der Waals surface area contributed by atoms with Crippen LogP contribution in [-0.4, -0.2) is 0 Å². The highest BCUT2D eigenvalue weighted by Gasteiger charge is 2.88. The second-order valence-corrected chi connectivity index (χ2v) is 9.58. The Labute approximate surface area is 109 Å². The SMILES string of the molecule is C1CC2C1C1C2C2C1C1C3C4C5CCC5C4C3C21. The molecule has 8 fully saturated rings. The highest BCUT2D eigenvalue weighted by molar-refractivity contribution is 5.35. The summed E-state index contributed by atoms with van der Waals surface area (Å²) in [5.41, 5.74) is 0. The van der Waals surface area contributed by atoms with Crippen molar-refractivity contribution in [2.45, 2.75) is 25.7 Å². The minimum atomic E-state index is 1.27. The summed E-state index contributed by atoms with van der Waals surface area (Å²) >= 11 is 0. The maximum Gasteiger partial charge on any atom is -0.0312 e. The van der Waals surface area contributed by atoms with Gasteiger partial charge in [-0.1, -0.05) is 0 Å². The molecule has 8 aliphatic rings. The molecule has 12 unspecified atom stereocenters. The maximum atomic E-state index is 1.64. The Morgan fingerprint density at radius 1 is 0.278 bits per heavy atom. The van der Waals surface area contributed by atoms with Crippen LogP contribution in [0.25, 0.3) is 0 Å². The summed E-state index contributed by atoms with van der Waals surface area (Å²) in [5.74, 6) is 18.1. The van der Waals surface area contributed by atoms with Crippen LogP contribution in [0.1, 0.15) is 25.7 Å². The highest BCUT2D eigenvalue weighted by atomic mass is 14.9. The van der Waals surface area contributed by atoms with E-state index in [9.17, 15) is 0 Å². The van der Waals surface area contributed by atoms with Gasteiger partial charge in [-0.15, -0.1) is 0 Å². The van der Waals surface area contributed by atoms with Gasteiger partial charge in [0.2, 0.25) is 0 Å². The maximum absolute atomic E-state index is 1.64. The van der Waals surface area contributed by atoms with Gasteiger partial charge < -0.3 is 0 Å². The molecule has 0 aromatic carbocycles. The Hall–Kier alpha value is 0. The first-order valence-corrected chi connectivity index (χ1v) is 8.97. The fourth-order valence-electron chi connectivity index (χ4n) is 10.1. The zero-order valence-electron chi connectivity index (χ0n) is 10.9. The van der Waals surface area contributed by atoms with Gasteiger partial charge >= 0.3 is 0 Å². The van der Waals surface area contributed by atoms with E-state index in [1.807, 2.05) is 0 Å². The van der Waals surface area contributed by atoms with Crippen LogP contribution >= 0.6 is 0 Å². The smallest absolute Gasteiger partial charge is 0.0312 e. The molecule has 0 nitrogen and oxygen atoms in total. The first-order valence-electron chi connectivity index (χ1n) is 8.97. The van der Waals surface area contributed by atoms with Crippen LogP contribution in [0, 0.1) is 82.9 Å². The van der Waals surface area contributed by atoms with Crippen molar-refractivity contribution in [3.8, 4) is 0 Å². The topological polar surface area (TPSA) is 0 Å². The van der Waals surface area contributed by atoms with Gasteiger partial charge in [0.1, 0.15) is 0 Å². The minimum absolute atomic E-state index is 1.27. The van der Waals surface area contributed by atoms with Crippen LogP contribution in [0.5, 0.6) is 0 Å². The Bertz CT molecular complexity index is 418. The van der Waals surface area contributed by atoms with Gasteiger partial charge in [-0.25, -0.2) is 0 Å². The van der Waals surface area contributed by atoms with E-state index in [-0.39, 0.29) is 0 Å². The Morgan fingerprint density at radius 3 is 0.722 bits per heavy atom. The molecule has 0 bridgehead atoms. The first-order chi connectivity index (χ1) is 8.97. The average molecular weight is 238 g/mol. The molecule has 0 amide bonds. The lowest BCUT2D eigenvalue weighted by Gasteiger charge is -2.93. The first kappa shape index (κ1) is 8.32. The van der Waals surface area contributed by atoms with Crippen LogP contribution in [0.15, 0.2) is 0 Å². The predicted molar refractivity (Wildman–Crippen MR) is 67.3 cm³/mol. The van der Waals surface area contributed by atoms with E-state index in [2.05, 4.69) is 0 Å². The molecule has 18 heavy (non-hydrogen) atoms. The van der Waals surface area contributed by atoms with E-state index in [4.69, 9.17) is 0 Å². The molecule has 8 rings (SSSR count). The summed E-state index contributed by atoms with van der Waals surface area (Å²) in [6.07, 6.45) is 6.54. The molecule has 0 heteroatoms. The molecule has 0 spiro atoms. The van der Waals surface area contributed by atoms with Gasteiger partial charge in [-0.2, -0.15) is 0 Å². The van der Waals surface area contributed by atoms with Crippen LogP contribution in [0.4, 0.5) is 0 Å². The Kier molecular flexibility index (Phi) is 0.951. The number of fused-ring (bicyclic) bond motifs is 19. The van der Waals surface area contributed by atoms with Crippen molar-refractivity contribution in [2.24, 2.45) is 82.9 Å². The third kappa shape index (κ3) is 0.487. The van der Waals surface area contributed by atoms with Gasteiger partial charge in [0.25, 0.3) is 0 Å². The second-order valence-electron chi connectivity index (χ2n) is 9.58. The van der Waals surface area contributed by atoms with Gasteiger partial charge in [-0.3, -0.25) is 0 Å². The molecular weight excluding hydrogens is 216 g/mol. The number of hydrogen-bond acceptors (Lipinski definition) is 0. The molecule has 8 aliphatic carbocycles. The van der Waals surface area contributed by atoms with Crippen molar-refractivity contribution in [1.29, 1.82) is 0 Å². The fourth-order valence-corrected chi connectivity index (χ4v) is 10.1. The summed E-state index contributed by atoms with van der Waals surface area (Å²) in [6, 6.07) is 0. The van der Waals surface area contributed by atoms with Crippen molar-refractivity contribution in [3.05, 3.63) is 0 Å². The fraction of sp³-hybridized carbons (Fsp3) is 1.00. The van der Waals surface area contributed by atoms with Crippen molar-refractivity contribution < 1.29 is 0 Å². The monoisotopic (exact) mass is 238 g/mol.